The van der Waals surface area contributed by atoms with Gasteiger partial charge in [0.25, 0.3) is 0 Å². The zero-order valence-corrected chi connectivity index (χ0v) is 31.7. The molecule has 212 valence electrons. The molecule has 0 heterocycles. The van der Waals surface area contributed by atoms with Gasteiger partial charge in [0.05, 0.1) is 0 Å². The molecule has 6 rings (SSSR count). The summed E-state index contributed by atoms with van der Waals surface area (Å²) in [6.45, 7) is 0. The van der Waals surface area contributed by atoms with Gasteiger partial charge in [-0.05, 0) is 0 Å². The van der Waals surface area contributed by atoms with Gasteiger partial charge in [-0.15, -0.1) is 0 Å². The molecule has 0 aliphatic heterocycles. The van der Waals surface area contributed by atoms with E-state index < -0.39 is 58.6 Å². The molecule has 0 aliphatic rings. The van der Waals surface area contributed by atoms with Gasteiger partial charge >= 0.3 is 279 Å². The number of rotatable bonds is 12. The molecule has 0 amide bonds. The van der Waals surface area contributed by atoms with E-state index in [2.05, 4.69) is 182 Å². The van der Waals surface area contributed by atoms with Gasteiger partial charge in [0.2, 0.25) is 0 Å². The molecule has 6 aromatic carbocycles. The summed E-state index contributed by atoms with van der Waals surface area (Å²) in [7, 11) is 0. The van der Waals surface area contributed by atoms with E-state index in [1.165, 1.54) is 12.0 Å². The fourth-order valence-corrected chi connectivity index (χ4v) is 57.2. The van der Waals surface area contributed by atoms with Gasteiger partial charge in [0.15, 0.2) is 0 Å². The standard InChI is InChI=1S/C39H36As4/c1-7-19-34(20-8-1)40(32-42(36-23-11-3-12-24-36)37-25-13-4-14-26-37)31-41(35-21-9-2-10-22-35)33-43(38-27-15-5-16-28-38)39-29-17-6-18-30-39/h1-30H,31-33H2. The third kappa shape index (κ3) is 8.39. The van der Waals surface area contributed by atoms with E-state index in [0.29, 0.717) is 0 Å². The zero-order valence-electron chi connectivity index (χ0n) is 24.2. The molecule has 0 saturated heterocycles. The predicted octanol–water partition coefficient (Wildman–Crippen LogP) is 5.03. The van der Waals surface area contributed by atoms with Crippen LogP contribution in [0.1, 0.15) is 0 Å². The number of benzene rings is 6. The Morgan fingerprint density at radius 1 is 0.233 bits per heavy atom. The summed E-state index contributed by atoms with van der Waals surface area (Å²) in [6.07, 6.45) is 0. The molecule has 0 aliphatic carbocycles. The van der Waals surface area contributed by atoms with Crippen molar-refractivity contribution in [2.75, 3.05) is 0 Å². The second kappa shape index (κ2) is 16.0. The third-order valence-electron chi connectivity index (χ3n) is 7.48. The van der Waals surface area contributed by atoms with Crippen molar-refractivity contribution in [1.29, 1.82) is 0 Å². The van der Waals surface area contributed by atoms with Crippen LogP contribution in [0.25, 0.3) is 0 Å². The van der Waals surface area contributed by atoms with Gasteiger partial charge in [-0.25, -0.2) is 0 Å². The average Bonchev–Trinajstić information content (AvgIpc) is 3.10. The van der Waals surface area contributed by atoms with Gasteiger partial charge in [-0.3, -0.25) is 0 Å². The van der Waals surface area contributed by atoms with Gasteiger partial charge in [-0.1, -0.05) is 0 Å². The summed E-state index contributed by atoms with van der Waals surface area (Å²) in [6, 6.07) is 69.3. The van der Waals surface area contributed by atoms with Crippen LogP contribution in [0.3, 0.4) is 0 Å². The van der Waals surface area contributed by atoms with Crippen molar-refractivity contribution in [1.82, 2.24) is 0 Å². The fourth-order valence-electron chi connectivity index (χ4n) is 5.30. The van der Waals surface area contributed by atoms with Crippen LogP contribution in [-0.4, -0.2) is 58.6 Å². The third-order valence-corrected chi connectivity index (χ3v) is 44.6. The molecule has 2 unspecified atom stereocenters. The van der Waals surface area contributed by atoms with Gasteiger partial charge in [-0.2, -0.15) is 0 Å². The first kappa shape index (κ1) is 30.6. The van der Waals surface area contributed by atoms with Crippen LogP contribution in [0.5, 0.6) is 0 Å². The summed E-state index contributed by atoms with van der Waals surface area (Å²) >= 11 is -5.76. The summed E-state index contributed by atoms with van der Waals surface area (Å²) in [5, 5.41) is 0. The molecule has 0 saturated carbocycles. The van der Waals surface area contributed by atoms with E-state index in [-0.39, 0.29) is 0 Å². The Kier molecular flexibility index (Phi) is 11.4. The minimum atomic E-state index is -1.48. The van der Waals surface area contributed by atoms with Crippen molar-refractivity contribution in [2.24, 2.45) is 0 Å². The number of hydrogen-bond acceptors (Lipinski definition) is 0. The average molecular weight is 804 g/mol. The van der Waals surface area contributed by atoms with Crippen LogP contribution in [-0.2, 0) is 0 Å². The molecule has 0 aromatic heterocycles. The molecule has 0 spiro atoms. The van der Waals surface area contributed by atoms with Crippen molar-refractivity contribution in [3.8, 4) is 0 Å². The molecular weight excluding hydrogens is 768 g/mol. The van der Waals surface area contributed by atoms with E-state index in [4.69, 9.17) is 0 Å². The van der Waals surface area contributed by atoms with Gasteiger partial charge in [0, 0.05) is 0 Å². The molecule has 6 aromatic rings. The van der Waals surface area contributed by atoms with Crippen molar-refractivity contribution in [3.63, 3.8) is 0 Å². The predicted molar refractivity (Wildman–Crippen MR) is 194 cm³/mol. The van der Waals surface area contributed by atoms with Crippen LogP contribution in [0.15, 0.2) is 182 Å². The maximum absolute atomic E-state index is 2.46. The Morgan fingerprint density at radius 2 is 0.442 bits per heavy atom. The second-order valence-corrected chi connectivity index (χ2v) is 36.0. The summed E-state index contributed by atoms with van der Waals surface area (Å²) < 4.78 is 14.0. The molecule has 2 atom stereocenters. The van der Waals surface area contributed by atoms with E-state index >= 15 is 0 Å². The molecule has 43 heavy (non-hydrogen) atoms. The second-order valence-electron chi connectivity index (χ2n) is 10.4. The Morgan fingerprint density at radius 3 is 0.674 bits per heavy atom. The fraction of sp³-hybridized carbons (Fsp3) is 0.0769. The SMILES string of the molecule is c1ccc([As](C[As](C[As](c2ccccc2)c2ccccc2)c2ccccc2)C[As](c2ccccc2)c2ccccc2)cc1. The molecule has 0 fully saturated rings. The van der Waals surface area contributed by atoms with E-state index in [0.717, 1.165) is 0 Å². The van der Waals surface area contributed by atoms with Crippen LogP contribution >= 0.6 is 0 Å². The van der Waals surface area contributed by atoms with Crippen LogP contribution in [0.4, 0.5) is 0 Å². The molecule has 4 heteroatoms. The quantitative estimate of drug-likeness (QED) is 0.153. The molecule has 0 nitrogen and oxygen atoms in total. The number of hydrogen-bond donors (Lipinski definition) is 0. The zero-order chi connectivity index (χ0) is 29.1. The summed E-state index contributed by atoms with van der Waals surface area (Å²) in [5.41, 5.74) is 0. The minimum absolute atomic E-state index is 1.40. The van der Waals surface area contributed by atoms with Crippen molar-refractivity contribution >= 4 is 84.7 Å². The first-order chi connectivity index (χ1) is 21.3. The summed E-state index contributed by atoms with van der Waals surface area (Å²) in [5.74, 6) is 0. The summed E-state index contributed by atoms with van der Waals surface area (Å²) in [4.78, 5) is 0. The Bertz CT molecular complexity index is 1430. The van der Waals surface area contributed by atoms with Crippen LogP contribution < -0.4 is 26.1 Å². The molecular formula is C39H36As4. The van der Waals surface area contributed by atoms with Crippen LogP contribution in [0, 0.1) is 0 Å². The Balaban J connectivity index is 1.40. The Hall–Kier alpha value is -2.45. The maximum atomic E-state index is 2.46. The van der Waals surface area contributed by atoms with Crippen molar-refractivity contribution in [2.45, 2.75) is 12.0 Å². The first-order valence-corrected chi connectivity index (χ1v) is 28.3. The van der Waals surface area contributed by atoms with E-state index in [1.807, 2.05) is 0 Å². The van der Waals surface area contributed by atoms with Gasteiger partial charge < -0.3 is 0 Å². The van der Waals surface area contributed by atoms with Gasteiger partial charge in [0.1, 0.15) is 0 Å². The molecule has 0 N–H and O–H groups in total. The van der Waals surface area contributed by atoms with E-state index in [9.17, 15) is 0 Å². The normalized spacial score (nSPS) is 12.7. The van der Waals surface area contributed by atoms with Crippen molar-refractivity contribution < 1.29 is 0 Å². The topological polar surface area (TPSA) is 0 Å². The van der Waals surface area contributed by atoms with Crippen molar-refractivity contribution in [3.05, 3.63) is 182 Å². The van der Waals surface area contributed by atoms with E-state index in [1.54, 1.807) is 26.1 Å². The monoisotopic (exact) mass is 804 g/mol. The van der Waals surface area contributed by atoms with Crippen LogP contribution in [0.2, 0.25) is 12.0 Å². The molecule has 0 radical (unpaired) electrons. The Labute approximate surface area is 276 Å². The first-order valence-electron chi connectivity index (χ1n) is 14.7. The molecule has 0 bridgehead atoms.